The second-order valence-corrected chi connectivity index (χ2v) is 3.43. The summed E-state index contributed by atoms with van der Waals surface area (Å²) in [6.45, 7) is 1.88. The van der Waals surface area contributed by atoms with Gasteiger partial charge in [0.25, 0.3) is 0 Å². The first-order valence-corrected chi connectivity index (χ1v) is 5.38. The van der Waals surface area contributed by atoms with Gasteiger partial charge < -0.3 is 9.84 Å². The Morgan fingerprint density at radius 1 is 1.53 bits per heavy atom. The maximum atomic E-state index is 13.4. The molecule has 0 saturated heterocycles. The summed E-state index contributed by atoms with van der Waals surface area (Å²) in [6, 6.07) is 4.46. The lowest BCUT2D eigenvalue weighted by Gasteiger charge is -2.00. The highest BCUT2D eigenvalue weighted by Gasteiger charge is 2.01. The Morgan fingerprint density at radius 2 is 2.29 bits per heavy atom. The molecule has 1 aromatic carbocycles. The summed E-state index contributed by atoms with van der Waals surface area (Å²) in [5.74, 6) is -0.757. The summed E-state index contributed by atoms with van der Waals surface area (Å²) in [6.07, 6.45) is 3.19. The smallest absolute Gasteiger partial charge is 0.309 e. The van der Waals surface area contributed by atoms with E-state index in [2.05, 4.69) is 0 Å². The third kappa shape index (κ3) is 4.36. The van der Waals surface area contributed by atoms with Crippen LogP contribution in [0.4, 0.5) is 4.39 Å². The van der Waals surface area contributed by atoms with Gasteiger partial charge in [0.05, 0.1) is 19.6 Å². The number of ether oxygens (including phenoxy) is 1. The van der Waals surface area contributed by atoms with Crippen LogP contribution in [-0.4, -0.2) is 17.7 Å². The molecule has 92 valence electrons. The zero-order valence-electron chi connectivity index (χ0n) is 9.65. The zero-order chi connectivity index (χ0) is 12.7. The molecule has 3 nitrogen and oxygen atoms in total. The fourth-order valence-electron chi connectivity index (χ4n) is 1.31. The van der Waals surface area contributed by atoms with E-state index in [1.807, 2.05) is 0 Å². The fraction of sp³-hybridized carbons (Fsp3) is 0.308. The quantitative estimate of drug-likeness (QED) is 0.800. The number of carbonyl (C=O) groups is 1. The predicted molar refractivity (Wildman–Crippen MR) is 62.6 cm³/mol. The molecule has 4 heteroatoms. The van der Waals surface area contributed by atoms with Gasteiger partial charge in [0.2, 0.25) is 0 Å². The standard InChI is InChI=1S/C13H15FO3/c1-2-17-13(16)5-3-4-11-7-6-10(9-15)8-12(11)14/h3-4,6-8,15H,2,5,9H2,1H3. The van der Waals surface area contributed by atoms with E-state index in [0.717, 1.165) is 0 Å². The Hall–Kier alpha value is -1.68. The summed E-state index contributed by atoms with van der Waals surface area (Å²) in [5.41, 5.74) is 0.900. The van der Waals surface area contributed by atoms with E-state index in [-0.39, 0.29) is 19.0 Å². The maximum Gasteiger partial charge on any atom is 0.309 e. The number of halogens is 1. The second kappa shape index (κ2) is 6.81. The van der Waals surface area contributed by atoms with Crippen LogP contribution < -0.4 is 0 Å². The van der Waals surface area contributed by atoms with Gasteiger partial charge in [-0.25, -0.2) is 4.39 Å². The van der Waals surface area contributed by atoms with Crippen molar-refractivity contribution in [3.8, 4) is 0 Å². The number of aliphatic hydroxyl groups is 1. The summed E-state index contributed by atoms with van der Waals surface area (Å²) in [7, 11) is 0. The van der Waals surface area contributed by atoms with Gasteiger partial charge in [-0.05, 0) is 18.6 Å². The Labute approximate surface area is 99.5 Å². The lowest BCUT2D eigenvalue weighted by molar-refractivity contribution is -0.142. The lowest BCUT2D eigenvalue weighted by atomic mass is 10.1. The third-order valence-corrected chi connectivity index (χ3v) is 2.13. The number of rotatable bonds is 5. The van der Waals surface area contributed by atoms with Crippen molar-refractivity contribution in [1.29, 1.82) is 0 Å². The Bertz CT molecular complexity index is 413. The van der Waals surface area contributed by atoms with Gasteiger partial charge in [0.1, 0.15) is 5.82 Å². The van der Waals surface area contributed by atoms with Crippen molar-refractivity contribution in [2.45, 2.75) is 20.0 Å². The van der Waals surface area contributed by atoms with Crippen LogP contribution in [0.15, 0.2) is 24.3 Å². The first-order chi connectivity index (χ1) is 8.17. The molecule has 0 fully saturated rings. The molecule has 17 heavy (non-hydrogen) atoms. The van der Waals surface area contributed by atoms with Crippen LogP contribution in [0.3, 0.4) is 0 Å². The SMILES string of the molecule is CCOC(=O)CC=Cc1ccc(CO)cc1F. The van der Waals surface area contributed by atoms with Crippen molar-refractivity contribution in [3.05, 3.63) is 41.2 Å². The van der Waals surface area contributed by atoms with Gasteiger partial charge in [0.15, 0.2) is 0 Å². The van der Waals surface area contributed by atoms with Crippen molar-refractivity contribution >= 4 is 12.0 Å². The van der Waals surface area contributed by atoms with Crippen LogP contribution >= 0.6 is 0 Å². The van der Waals surface area contributed by atoms with Crippen molar-refractivity contribution < 1.29 is 19.0 Å². The molecule has 0 aliphatic carbocycles. The molecule has 0 aromatic heterocycles. The van der Waals surface area contributed by atoms with Gasteiger partial charge in [-0.1, -0.05) is 24.3 Å². The highest BCUT2D eigenvalue weighted by molar-refractivity contribution is 5.72. The molecule has 0 aliphatic rings. The van der Waals surface area contributed by atoms with Crippen molar-refractivity contribution in [2.24, 2.45) is 0 Å². The van der Waals surface area contributed by atoms with Crippen LogP contribution in [0.25, 0.3) is 6.08 Å². The number of hydrogen-bond acceptors (Lipinski definition) is 3. The summed E-state index contributed by atoms with van der Waals surface area (Å²) >= 11 is 0. The third-order valence-electron chi connectivity index (χ3n) is 2.13. The molecular weight excluding hydrogens is 223 g/mol. The molecule has 0 aliphatic heterocycles. The van der Waals surface area contributed by atoms with Crippen LogP contribution in [-0.2, 0) is 16.1 Å². The summed E-state index contributed by atoms with van der Waals surface area (Å²) < 4.78 is 18.2. The normalized spacial score (nSPS) is 10.8. The number of benzene rings is 1. The Balaban J connectivity index is 2.62. The monoisotopic (exact) mass is 238 g/mol. The minimum Gasteiger partial charge on any atom is -0.466 e. The molecule has 0 saturated carbocycles. The van der Waals surface area contributed by atoms with Crippen molar-refractivity contribution in [1.82, 2.24) is 0 Å². The highest BCUT2D eigenvalue weighted by Crippen LogP contribution is 2.12. The van der Waals surface area contributed by atoms with Gasteiger partial charge in [-0.15, -0.1) is 0 Å². The summed E-state index contributed by atoms with van der Waals surface area (Å²) in [5, 5.41) is 8.81. The molecule has 1 aromatic rings. The van der Waals surface area contributed by atoms with E-state index < -0.39 is 5.82 Å². The first-order valence-electron chi connectivity index (χ1n) is 5.38. The number of esters is 1. The van der Waals surface area contributed by atoms with E-state index in [4.69, 9.17) is 9.84 Å². The predicted octanol–water partition coefficient (Wildman–Crippen LogP) is 2.28. The van der Waals surface area contributed by atoms with Crippen LogP contribution in [0.2, 0.25) is 0 Å². The lowest BCUT2D eigenvalue weighted by Crippen LogP contribution is -2.01. The second-order valence-electron chi connectivity index (χ2n) is 3.43. The van der Waals surface area contributed by atoms with Crippen molar-refractivity contribution in [3.63, 3.8) is 0 Å². The number of carbonyl (C=O) groups excluding carboxylic acids is 1. The minimum atomic E-state index is -0.420. The van der Waals surface area contributed by atoms with Gasteiger partial charge in [-0.2, -0.15) is 0 Å². The van der Waals surface area contributed by atoms with Crippen LogP contribution in [0.5, 0.6) is 0 Å². The molecule has 1 N–H and O–H groups in total. The summed E-state index contributed by atoms with van der Waals surface area (Å²) in [4.78, 5) is 11.0. The molecule has 0 radical (unpaired) electrons. The topological polar surface area (TPSA) is 46.5 Å². The fourth-order valence-corrected chi connectivity index (χ4v) is 1.31. The van der Waals surface area contributed by atoms with E-state index in [1.54, 1.807) is 25.1 Å². The Morgan fingerprint density at radius 3 is 2.88 bits per heavy atom. The van der Waals surface area contributed by atoms with E-state index >= 15 is 0 Å². The van der Waals surface area contributed by atoms with E-state index in [0.29, 0.717) is 17.7 Å². The highest BCUT2D eigenvalue weighted by atomic mass is 19.1. The van der Waals surface area contributed by atoms with Gasteiger partial charge >= 0.3 is 5.97 Å². The maximum absolute atomic E-state index is 13.4. The van der Waals surface area contributed by atoms with Crippen LogP contribution in [0, 0.1) is 5.82 Å². The van der Waals surface area contributed by atoms with E-state index in [9.17, 15) is 9.18 Å². The average molecular weight is 238 g/mol. The largest absolute Gasteiger partial charge is 0.466 e. The molecule has 0 unspecified atom stereocenters. The number of hydrogen-bond donors (Lipinski definition) is 1. The molecule has 0 amide bonds. The Kier molecular flexibility index (Phi) is 5.36. The minimum absolute atomic E-state index is 0.120. The molecule has 0 spiro atoms. The molecule has 0 heterocycles. The first kappa shape index (κ1) is 13.4. The average Bonchev–Trinajstić information content (AvgIpc) is 2.31. The molecule has 0 bridgehead atoms. The van der Waals surface area contributed by atoms with E-state index in [1.165, 1.54) is 12.1 Å². The number of aliphatic hydroxyl groups excluding tert-OH is 1. The van der Waals surface area contributed by atoms with Crippen molar-refractivity contribution in [2.75, 3.05) is 6.61 Å². The van der Waals surface area contributed by atoms with Gasteiger partial charge in [0, 0.05) is 5.56 Å². The van der Waals surface area contributed by atoms with Crippen LogP contribution in [0.1, 0.15) is 24.5 Å². The van der Waals surface area contributed by atoms with Gasteiger partial charge in [-0.3, -0.25) is 4.79 Å². The molecule has 1 rings (SSSR count). The molecule has 0 atom stereocenters. The molecular formula is C13H15FO3. The zero-order valence-corrected chi connectivity index (χ0v) is 9.65.